The molecule has 0 N–H and O–H groups in total. The van der Waals surface area contributed by atoms with E-state index in [0.29, 0.717) is 5.41 Å². The molecule has 0 saturated carbocycles. The maximum atomic E-state index is 4.28. The summed E-state index contributed by atoms with van der Waals surface area (Å²) in [6, 6.07) is 4.24. The fourth-order valence-electron chi connectivity index (χ4n) is 3.50. The van der Waals surface area contributed by atoms with Crippen molar-refractivity contribution in [3.8, 4) is 0 Å². The van der Waals surface area contributed by atoms with Gasteiger partial charge < -0.3 is 0 Å². The molecule has 1 aliphatic carbocycles. The first kappa shape index (κ1) is 13.3. The number of allylic oxidation sites excluding steroid dienone is 2. The van der Waals surface area contributed by atoms with Gasteiger partial charge in [0.25, 0.3) is 0 Å². The van der Waals surface area contributed by atoms with Crippen molar-refractivity contribution < 1.29 is 0 Å². The predicted octanol–water partition coefficient (Wildman–Crippen LogP) is 4.95. The van der Waals surface area contributed by atoms with Gasteiger partial charge in [-0.2, -0.15) is 0 Å². The zero-order valence-corrected chi connectivity index (χ0v) is 12.1. The number of nitrogens with zero attached hydrogens (tertiary/aromatic N) is 1. The third-order valence-corrected chi connectivity index (χ3v) is 5.05. The van der Waals surface area contributed by atoms with Crippen LogP contribution in [0.1, 0.15) is 52.5 Å². The van der Waals surface area contributed by atoms with Gasteiger partial charge in [0.05, 0.1) is 0 Å². The molecule has 3 atom stereocenters. The molecule has 0 aromatic carbocycles. The first-order chi connectivity index (χ1) is 8.63. The van der Waals surface area contributed by atoms with Crippen molar-refractivity contribution in [1.29, 1.82) is 0 Å². The highest BCUT2D eigenvalue weighted by molar-refractivity contribution is 5.72. The highest BCUT2D eigenvalue weighted by Gasteiger charge is 2.42. The molecule has 18 heavy (non-hydrogen) atoms. The summed E-state index contributed by atoms with van der Waals surface area (Å²) in [4.78, 5) is 4.28. The summed E-state index contributed by atoms with van der Waals surface area (Å²) >= 11 is 0. The van der Waals surface area contributed by atoms with Crippen LogP contribution >= 0.6 is 0 Å². The van der Waals surface area contributed by atoms with Gasteiger partial charge >= 0.3 is 0 Å². The molecule has 0 fully saturated rings. The number of hydrogen-bond acceptors (Lipinski definition) is 1. The molecule has 0 bridgehead atoms. The second-order valence-corrected chi connectivity index (χ2v) is 5.86. The molecule has 0 saturated heterocycles. The van der Waals surface area contributed by atoms with Crippen molar-refractivity contribution in [2.75, 3.05) is 0 Å². The molecule has 2 rings (SSSR count). The lowest BCUT2D eigenvalue weighted by Gasteiger charge is -2.37. The van der Waals surface area contributed by atoms with Crippen LogP contribution in [0.3, 0.4) is 0 Å². The Bertz CT molecular complexity index is 420. The maximum absolute atomic E-state index is 4.28. The zero-order valence-electron chi connectivity index (χ0n) is 12.1. The molecule has 1 aromatic heterocycles. The van der Waals surface area contributed by atoms with Gasteiger partial charge in [0.1, 0.15) is 0 Å². The number of pyridine rings is 1. The van der Waals surface area contributed by atoms with E-state index in [-0.39, 0.29) is 0 Å². The van der Waals surface area contributed by atoms with Crippen LogP contribution in [0.5, 0.6) is 0 Å². The lowest BCUT2D eigenvalue weighted by atomic mass is 9.67. The summed E-state index contributed by atoms with van der Waals surface area (Å²) in [5, 5.41) is 0. The standard InChI is InChI=1S/C17H25N/c1-5-13(3)15-9-10-16(17(15,4)6-2)14-8-7-11-18-12-14/h7-8,10-13,15H,5-6,9H2,1-4H3. The van der Waals surface area contributed by atoms with Gasteiger partial charge in [-0.15, -0.1) is 0 Å². The van der Waals surface area contributed by atoms with Gasteiger partial charge in [0.15, 0.2) is 0 Å². The topological polar surface area (TPSA) is 12.9 Å². The molecular formula is C17H25N. The summed E-state index contributed by atoms with van der Waals surface area (Å²) in [6.07, 6.45) is 10.0. The van der Waals surface area contributed by atoms with E-state index in [4.69, 9.17) is 0 Å². The molecule has 1 aromatic rings. The first-order valence-electron chi connectivity index (χ1n) is 7.24. The highest BCUT2D eigenvalue weighted by Crippen LogP contribution is 2.53. The van der Waals surface area contributed by atoms with E-state index < -0.39 is 0 Å². The Labute approximate surface area is 111 Å². The van der Waals surface area contributed by atoms with Crippen molar-refractivity contribution in [2.45, 2.75) is 47.0 Å². The van der Waals surface area contributed by atoms with E-state index in [1.54, 1.807) is 0 Å². The molecule has 98 valence electrons. The van der Waals surface area contributed by atoms with Crippen LogP contribution in [0.2, 0.25) is 0 Å². The van der Waals surface area contributed by atoms with Crippen molar-refractivity contribution in [1.82, 2.24) is 4.98 Å². The van der Waals surface area contributed by atoms with E-state index >= 15 is 0 Å². The van der Waals surface area contributed by atoms with Crippen LogP contribution in [0, 0.1) is 17.3 Å². The van der Waals surface area contributed by atoms with Crippen LogP contribution in [-0.4, -0.2) is 4.98 Å². The molecule has 0 amide bonds. The van der Waals surface area contributed by atoms with Gasteiger partial charge in [-0.25, -0.2) is 0 Å². The fourth-order valence-corrected chi connectivity index (χ4v) is 3.50. The predicted molar refractivity (Wildman–Crippen MR) is 78.2 cm³/mol. The SMILES string of the molecule is CCC(C)C1CC=C(c2cccnc2)C1(C)CC. The van der Waals surface area contributed by atoms with E-state index in [9.17, 15) is 0 Å². The largest absolute Gasteiger partial charge is 0.264 e. The Morgan fingerprint density at radius 1 is 1.44 bits per heavy atom. The Morgan fingerprint density at radius 2 is 2.22 bits per heavy atom. The van der Waals surface area contributed by atoms with E-state index in [1.807, 2.05) is 18.5 Å². The Hall–Kier alpha value is -1.11. The summed E-state index contributed by atoms with van der Waals surface area (Å²) in [7, 11) is 0. The van der Waals surface area contributed by atoms with Crippen molar-refractivity contribution in [2.24, 2.45) is 17.3 Å². The van der Waals surface area contributed by atoms with Crippen LogP contribution in [0.15, 0.2) is 30.6 Å². The molecule has 1 aliphatic rings. The molecule has 0 spiro atoms. The normalized spacial score (nSPS) is 29.1. The van der Waals surface area contributed by atoms with Gasteiger partial charge in [-0.1, -0.05) is 46.3 Å². The van der Waals surface area contributed by atoms with Crippen molar-refractivity contribution in [3.05, 3.63) is 36.2 Å². The lowest BCUT2D eigenvalue weighted by molar-refractivity contribution is 0.197. The number of hydrogen-bond donors (Lipinski definition) is 0. The van der Waals surface area contributed by atoms with E-state index in [2.05, 4.69) is 44.8 Å². The fraction of sp³-hybridized carbons (Fsp3) is 0.588. The van der Waals surface area contributed by atoms with Crippen molar-refractivity contribution in [3.63, 3.8) is 0 Å². The zero-order chi connectivity index (χ0) is 13.2. The third-order valence-electron chi connectivity index (χ3n) is 5.05. The van der Waals surface area contributed by atoms with Crippen LogP contribution in [0.4, 0.5) is 0 Å². The first-order valence-corrected chi connectivity index (χ1v) is 7.24. The van der Waals surface area contributed by atoms with Gasteiger partial charge in [-0.05, 0) is 47.3 Å². The minimum atomic E-state index is 0.318. The highest BCUT2D eigenvalue weighted by atomic mass is 14.6. The average Bonchev–Trinajstić information content (AvgIpc) is 2.77. The quantitative estimate of drug-likeness (QED) is 0.729. The lowest BCUT2D eigenvalue weighted by Crippen LogP contribution is -2.28. The molecule has 1 nitrogen and oxygen atoms in total. The monoisotopic (exact) mass is 243 g/mol. The minimum Gasteiger partial charge on any atom is -0.264 e. The number of rotatable bonds is 4. The minimum absolute atomic E-state index is 0.318. The van der Waals surface area contributed by atoms with Crippen molar-refractivity contribution >= 4 is 5.57 Å². The maximum Gasteiger partial charge on any atom is 0.0343 e. The molecule has 3 unspecified atom stereocenters. The molecule has 1 heteroatoms. The molecular weight excluding hydrogens is 218 g/mol. The third kappa shape index (κ3) is 2.11. The Balaban J connectivity index is 2.34. The molecule has 0 aliphatic heterocycles. The van der Waals surface area contributed by atoms with Crippen LogP contribution in [0.25, 0.3) is 5.57 Å². The summed E-state index contributed by atoms with van der Waals surface area (Å²) in [5.74, 6) is 1.57. The second-order valence-electron chi connectivity index (χ2n) is 5.86. The van der Waals surface area contributed by atoms with E-state index in [1.165, 1.54) is 30.4 Å². The van der Waals surface area contributed by atoms with Crippen LogP contribution in [-0.2, 0) is 0 Å². The smallest absolute Gasteiger partial charge is 0.0343 e. The Kier molecular flexibility index (Phi) is 3.89. The Morgan fingerprint density at radius 3 is 2.78 bits per heavy atom. The summed E-state index contributed by atoms with van der Waals surface area (Å²) in [5.41, 5.74) is 3.15. The average molecular weight is 243 g/mol. The number of aromatic nitrogens is 1. The van der Waals surface area contributed by atoms with Crippen LogP contribution < -0.4 is 0 Å². The van der Waals surface area contributed by atoms with Gasteiger partial charge in [-0.3, -0.25) is 4.98 Å². The second kappa shape index (κ2) is 5.26. The molecule has 0 radical (unpaired) electrons. The van der Waals surface area contributed by atoms with Gasteiger partial charge in [0, 0.05) is 12.4 Å². The molecule has 1 heterocycles. The van der Waals surface area contributed by atoms with E-state index in [0.717, 1.165) is 11.8 Å². The van der Waals surface area contributed by atoms with Gasteiger partial charge in [0.2, 0.25) is 0 Å². The summed E-state index contributed by atoms with van der Waals surface area (Å²) < 4.78 is 0. The summed E-state index contributed by atoms with van der Waals surface area (Å²) in [6.45, 7) is 9.47.